The van der Waals surface area contributed by atoms with Crippen molar-refractivity contribution in [2.24, 2.45) is 17.3 Å². The first-order valence-corrected chi connectivity index (χ1v) is 31.1. The van der Waals surface area contributed by atoms with E-state index in [1.54, 1.807) is 0 Å². The van der Waals surface area contributed by atoms with Gasteiger partial charge in [0.15, 0.2) is 25.0 Å². The minimum Gasteiger partial charge on any atom is -0.417 e. The Bertz CT molecular complexity index is 1460. The van der Waals surface area contributed by atoms with Gasteiger partial charge < -0.3 is 18.4 Å². The Morgan fingerprint density at radius 2 is 1.44 bits per heavy atom. The third kappa shape index (κ3) is 14.2. The van der Waals surface area contributed by atoms with E-state index < -0.39 is 42.4 Å². The molecule has 2 rings (SSSR count). The summed E-state index contributed by atoms with van der Waals surface area (Å²) < 4.78 is 20.9. The number of carbonyl (C=O) groups excluding carboxylic acids is 1. The van der Waals surface area contributed by atoms with Gasteiger partial charge in [-0.2, -0.15) is 0 Å². The van der Waals surface area contributed by atoms with Gasteiger partial charge in [-0.25, -0.2) is 0 Å². The van der Waals surface area contributed by atoms with E-state index in [1.807, 2.05) is 24.4 Å². The van der Waals surface area contributed by atoms with E-state index in [2.05, 4.69) is 146 Å². The van der Waals surface area contributed by atoms with Gasteiger partial charge >= 0.3 is 0 Å². The summed E-state index contributed by atoms with van der Waals surface area (Å²) in [5.74, 6) is -0.154. The van der Waals surface area contributed by atoms with Crippen molar-refractivity contribution in [3.8, 4) is 0 Å². The van der Waals surface area contributed by atoms with Crippen LogP contribution in [0.15, 0.2) is 41.6 Å². The number of hydrogen-bond donors (Lipinski definition) is 1. The van der Waals surface area contributed by atoms with Gasteiger partial charge in [0.2, 0.25) is 0 Å². The Labute approximate surface area is 355 Å². The highest BCUT2D eigenvalue weighted by Crippen LogP contribution is 2.52. The second-order valence-corrected chi connectivity index (χ2v) is 36.6. The van der Waals surface area contributed by atoms with Crippen molar-refractivity contribution in [1.29, 1.82) is 0 Å². The fourth-order valence-electron chi connectivity index (χ4n) is 7.18. The van der Waals surface area contributed by atoms with Crippen LogP contribution in [-0.2, 0) is 18.1 Å². The van der Waals surface area contributed by atoms with Crippen LogP contribution in [0.25, 0.3) is 6.08 Å². The molecule has 0 saturated heterocycles. The predicted octanol–water partition coefficient (Wildman–Crippen LogP) is 13.9. The van der Waals surface area contributed by atoms with E-state index in [9.17, 15) is 9.90 Å². The summed E-state index contributed by atoms with van der Waals surface area (Å²) in [7, 11) is -6.17. The van der Waals surface area contributed by atoms with Crippen LogP contribution >= 0.6 is 0 Å². The number of ketones is 1. The van der Waals surface area contributed by atoms with Gasteiger partial charge in [-0.3, -0.25) is 9.78 Å². The standard InChI is InChI=1S/C48H89NO5Si3/c1-20-40(44(51)48(31-24-32-48)42(54-57(18,19)47(11,12)13)30-34-52-55(14,15)45(5,6)7)43(50)37(3)26-23-25-36(2)28-29-41(53-56(16,17)46(8,9)10)38(4)35-39-27-21-22-33-49-39/h21-22,27-28,33,35,37,40-43,50H,20,23-26,29-32,34H2,1-19H3/b36-28+,38-35+/t37-,40+,41-,42-,43-/m0/s1. The first-order valence-electron chi connectivity index (χ1n) is 22.4. The zero-order valence-electron chi connectivity index (χ0n) is 40.4. The first kappa shape index (κ1) is 51.9. The van der Waals surface area contributed by atoms with Crippen molar-refractivity contribution in [3.63, 3.8) is 0 Å². The van der Waals surface area contributed by atoms with Crippen LogP contribution in [0.1, 0.15) is 153 Å². The molecule has 1 aromatic rings. The van der Waals surface area contributed by atoms with Crippen molar-refractivity contribution in [2.75, 3.05) is 6.61 Å². The number of nitrogens with zero attached hydrogens (tertiary/aromatic N) is 1. The number of allylic oxidation sites excluding steroid dienone is 1. The molecule has 1 saturated carbocycles. The summed E-state index contributed by atoms with van der Waals surface area (Å²) in [6.07, 6.45) is 13.1. The highest BCUT2D eigenvalue weighted by atomic mass is 28.4. The third-order valence-corrected chi connectivity index (χ3v) is 28.3. The molecular weight excluding hydrogens is 755 g/mol. The van der Waals surface area contributed by atoms with Gasteiger partial charge in [-0.05, 0) is 149 Å². The Morgan fingerprint density at radius 1 is 0.877 bits per heavy atom. The summed E-state index contributed by atoms with van der Waals surface area (Å²) in [4.78, 5) is 19.4. The summed E-state index contributed by atoms with van der Waals surface area (Å²) in [5.41, 5.74) is 2.93. The summed E-state index contributed by atoms with van der Waals surface area (Å²) in [5, 5.41) is 12.2. The quantitative estimate of drug-likeness (QED) is 0.0925. The largest absolute Gasteiger partial charge is 0.417 e. The van der Waals surface area contributed by atoms with Crippen LogP contribution in [0.4, 0.5) is 0 Å². The maximum Gasteiger partial charge on any atom is 0.192 e. The SMILES string of the molecule is CC[C@@H](C(=O)C1([C@H](CCO[Si](C)(C)C(C)(C)C)O[Si](C)(C)C(C)(C)C)CCC1)[C@@H](O)[C@@H](C)CCC/C(C)=C/C[C@H](O[Si](C)(C)C(C)(C)C)/C(C)=C/c1ccccn1. The number of pyridine rings is 1. The smallest absolute Gasteiger partial charge is 0.192 e. The molecule has 57 heavy (non-hydrogen) atoms. The zero-order chi connectivity index (χ0) is 43.8. The Morgan fingerprint density at radius 3 is 1.91 bits per heavy atom. The molecule has 0 amide bonds. The molecule has 6 nitrogen and oxygen atoms in total. The molecule has 1 aliphatic rings. The predicted molar refractivity (Wildman–Crippen MR) is 252 cm³/mol. The van der Waals surface area contributed by atoms with Crippen LogP contribution in [0.3, 0.4) is 0 Å². The minimum absolute atomic E-state index is 0.0122. The molecule has 0 bridgehead atoms. The molecule has 0 radical (unpaired) electrons. The lowest BCUT2D eigenvalue weighted by atomic mass is 9.58. The normalized spacial score (nSPS) is 19.1. The highest BCUT2D eigenvalue weighted by molar-refractivity contribution is 6.75. The second-order valence-electron chi connectivity index (χ2n) is 22.3. The van der Waals surface area contributed by atoms with Crippen molar-refractivity contribution in [2.45, 2.75) is 221 Å². The van der Waals surface area contributed by atoms with Gasteiger partial charge in [0.25, 0.3) is 0 Å². The molecule has 5 atom stereocenters. The molecule has 328 valence electrons. The monoisotopic (exact) mass is 844 g/mol. The minimum atomic E-state index is -2.20. The molecule has 9 heteroatoms. The van der Waals surface area contributed by atoms with Crippen LogP contribution < -0.4 is 0 Å². The molecule has 0 aliphatic heterocycles. The lowest BCUT2D eigenvalue weighted by Gasteiger charge is -2.52. The molecule has 1 N–H and O–H groups in total. The van der Waals surface area contributed by atoms with E-state index in [-0.39, 0.29) is 39.0 Å². The molecule has 1 aromatic heterocycles. The van der Waals surface area contributed by atoms with Gasteiger partial charge in [0.1, 0.15) is 5.78 Å². The van der Waals surface area contributed by atoms with E-state index in [0.717, 1.165) is 57.1 Å². The Hall–Kier alpha value is -1.21. The third-order valence-electron chi connectivity index (χ3n) is 14.7. The number of rotatable bonds is 22. The van der Waals surface area contributed by atoms with Crippen LogP contribution in [0, 0.1) is 17.3 Å². The maximum absolute atomic E-state index is 14.9. The van der Waals surface area contributed by atoms with Crippen molar-refractivity contribution in [1.82, 2.24) is 4.98 Å². The molecule has 1 aliphatic carbocycles. The van der Waals surface area contributed by atoms with Crippen molar-refractivity contribution in [3.05, 3.63) is 47.3 Å². The van der Waals surface area contributed by atoms with Crippen LogP contribution in [0.5, 0.6) is 0 Å². The average molecular weight is 844 g/mol. The number of Topliss-reactive ketones (excluding diaryl/α,β-unsaturated/α-hetero) is 1. The summed E-state index contributed by atoms with van der Waals surface area (Å²) in [6.45, 7) is 43.6. The Balaban J connectivity index is 2.21. The number of aliphatic hydroxyl groups is 1. The fraction of sp³-hybridized carbons (Fsp3) is 0.792. The van der Waals surface area contributed by atoms with Crippen molar-refractivity contribution < 1.29 is 23.2 Å². The number of aliphatic hydroxyl groups excluding tert-OH is 1. The topological polar surface area (TPSA) is 77.9 Å². The van der Waals surface area contributed by atoms with Gasteiger partial charge in [-0.15, -0.1) is 0 Å². The molecule has 0 unspecified atom stereocenters. The first-order chi connectivity index (χ1) is 25.9. The number of hydrogen-bond acceptors (Lipinski definition) is 6. The highest BCUT2D eigenvalue weighted by Gasteiger charge is 2.55. The molecule has 0 spiro atoms. The summed E-state index contributed by atoms with van der Waals surface area (Å²) in [6, 6.07) is 6.01. The summed E-state index contributed by atoms with van der Waals surface area (Å²) >= 11 is 0. The lowest BCUT2D eigenvalue weighted by molar-refractivity contribution is -0.153. The van der Waals surface area contributed by atoms with E-state index in [0.29, 0.717) is 13.0 Å². The molecule has 0 aromatic carbocycles. The number of aromatic nitrogens is 1. The van der Waals surface area contributed by atoms with Crippen molar-refractivity contribution >= 4 is 36.8 Å². The Kier molecular flexibility index (Phi) is 18.7. The van der Waals surface area contributed by atoms with Gasteiger partial charge in [0.05, 0.1) is 29.4 Å². The van der Waals surface area contributed by atoms with Gasteiger partial charge in [-0.1, -0.05) is 100 Å². The van der Waals surface area contributed by atoms with Crippen LogP contribution in [0.2, 0.25) is 54.4 Å². The van der Waals surface area contributed by atoms with E-state index >= 15 is 0 Å². The molecular formula is C48H89NO5Si3. The lowest BCUT2D eigenvalue weighted by Crippen LogP contribution is -2.58. The molecule has 1 fully saturated rings. The van der Waals surface area contributed by atoms with Gasteiger partial charge in [0, 0.05) is 18.7 Å². The second kappa shape index (κ2) is 20.6. The fourth-order valence-corrected chi connectivity index (χ4v) is 11.0. The average Bonchev–Trinajstić information content (AvgIpc) is 3.04. The zero-order valence-corrected chi connectivity index (χ0v) is 43.4. The molecule has 1 heterocycles. The van der Waals surface area contributed by atoms with Crippen LogP contribution in [-0.4, -0.2) is 65.7 Å². The maximum atomic E-state index is 14.9. The van der Waals surface area contributed by atoms with E-state index in [1.165, 1.54) is 11.1 Å². The van der Waals surface area contributed by atoms with E-state index in [4.69, 9.17) is 13.3 Å². The number of carbonyl (C=O) groups is 1.